The van der Waals surface area contributed by atoms with Crippen LogP contribution < -0.4 is 0 Å². The Balaban J connectivity index is 2.28. The van der Waals surface area contributed by atoms with Crippen LogP contribution in [0.1, 0.15) is 33.6 Å². The molecule has 0 heterocycles. The topological polar surface area (TPSA) is 52.6 Å². The zero-order chi connectivity index (χ0) is 11.6. The van der Waals surface area contributed by atoms with E-state index in [1.54, 1.807) is 0 Å². The fourth-order valence-corrected chi connectivity index (χ4v) is 1.51. The van der Waals surface area contributed by atoms with Crippen LogP contribution in [0.3, 0.4) is 0 Å². The van der Waals surface area contributed by atoms with Crippen LogP contribution in [-0.4, -0.2) is 24.6 Å². The monoisotopic (exact) mass is 214 g/mol. The SMILES string of the molecule is COC(=O)C1CC1CC(=O)OC(C)(C)C. The average Bonchev–Trinajstić information content (AvgIpc) is 2.79. The second kappa shape index (κ2) is 4.21. The Hall–Kier alpha value is -1.06. The van der Waals surface area contributed by atoms with E-state index in [0.717, 1.165) is 6.42 Å². The highest BCUT2D eigenvalue weighted by Crippen LogP contribution is 2.42. The van der Waals surface area contributed by atoms with E-state index in [2.05, 4.69) is 4.74 Å². The summed E-state index contributed by atoms with van der Waals surface area (Å²) in [7, 11) is 1.37. The highest BCUT2D eigenvalue weighted by atomic mass is 16.6. The standard InChI is InChI=1S/C11H18O4/c1-11(2,3)15-9(12)6-7-5-8(7)10(13)14-4/h7-8H,5-6H2,1-4H3. The molecule has 2 atom stereocenters. The largest absolute Gasteiger partial charge is 0.469 e. The lowest BCUT2D eigenvalue weighted by Gasteiger charge is -2.19. The molecule has 0 aromatic carbocycles. The van der Waals surface area contributed by atoms with Gasteiger partial charge in [-0.05, 0) is 33.1 Å². The summed E-state index contributed by atoms with van der Waals surface area (Å²) < 4.78 is 9.75. The molecule has 0 spiro atoms. The maximum Gasteiger partial charge on any atom is 0.308 e. The molecule has 0 N–H and O–H groups in total. The van der Waals surface area contributed by atoms with Gasteiger partial charge in [-0.1, -0.05) is 0 Å². The number of ether oxygens (including phenoxy) is 2. The fraction of sp³-hybridized carbons (Fsp3) is 0.818. The molecule has 1 rings (SSSR count). The maximum atomic E-state index is 11.4. The summed E-state index contributed by atoms with van der Waals surface area (Å²) >= 11 is 0. The van der Waals surface area contributed by atoms with Crippen molar-refractivity contribution in [3.63, 3.8) is 0 Å². The van der Waals surface area contributed by atoms with E-state index in [9.17, 15) is 9.59 Å². The van der Waals surface area contributed by atoms with E-state index in [-0.39, 0.29) is 23.8 Å². The summed E-state index contributed by atoms with van der Waals surface area (Å²) in [6, 6.07) is 0. The van der Waals surface area contributed by atoms with Gasteiger partial charge in [0.2, 0.25) is 0 Å². The highest BCUT2D eigenvalue weighted by Gasteiger charge is 2.45. The van der Waals surface area contributed by atoms with E-state index >= 15 is 0 Å². The summed E-state index contributed by atoms with van der Waals surface area (Å²) in [5, 5.41) is 0. The first-order valence-electron chi connectivity index (χ1n) is 5.13. The molecule has 4 nitrogen and oxygen atoms in total. The Bertz CT molecular complexity index is 264. The zero-order valence-corrected chi connectivity index (χ0v) is 9.70. The third-order valence-electron chi connectivity index (χ3n) is 2.28. The quantitative estimate of drug-likeness (QED) is 0.668. The first-order chi connectivity index (χ1) is 6.83. The van der Waals surface area contributed by atoms with E-state index in [4.69, 9.17) is 4.74 Å². The molecular formula is C11H18O4. The second-order valence-corrected chi connectivity index (χ2v) is 4.92. The van der Waals surface area contributed by atoms with Gasteiger partial charge in [0.05, 0.1) is 13.0 Å². The van der Waals surface area contributed by atoms with Crippen molar-refractivity contribution in [3.05, 3.63) is 0 Å². The molecule has 86 valence electrons. The first-order valence-corrected chi connectivity index (χ1v) is 5.13. The number of methoxy groups -OCH3 is 1. The van der Waals surface area contributed by atoms with Crippen molar-refractivity contribution in [2.24, 2.45) is 11.8 Å². The summed E-state index contributed by atoms with van der Waals surface area (Å²) in [5.74, 6) is -0.433. The van der Waals surface area contributed by atoms with Crippen molar-refractivity contribution < 1.29 is 19.1 Å². The smallest absolute Gasteiger partial charge is 0.308 e. The second-order valence-electron chi connectivity index (χ2n) is 4.92. The van der Waals surface area contributed by atoms with Crippen LogP contribution in [0.5, 0.6) is 0 Å². The molecule has 0 radical (unpaired) electrons. The lowest BCUT2D eigenvalue weighted by molar-refractivity contribution is -0.155. The van der Waals surface area contributed by atoms with Crippen molar-refractivity contribution in [2.75, 3.05) is 7.11 Å². The van der Waals surface area contributed by atoms with E-state index in [0.29, 0.717) is 6.42 Å². The number of carbonyl (C=O) groups is 2. The molecule has 1 fully saturated rings. The predicted molar refractivity (Wildman–Crippen MR) is 54.1 cm³/mol. The molecule has 1 saturated carbocycles. The van der Waals surface area contributed by atoms with Crippen LogP contribution in [0.2, 0.25) is 0 Å². The molecule has 15 heavy (non-hydrogen) atoms. The molecule has 0 amide bonds. The van der Waals surface area contributed by atoms with Gasteiger partial charge in [-0.25, -0.2) is 0 Å². The number of rotatable bonds is 3. The molecule has 0 aromatic heterocycles. The molecule has 1 aliphatic carbocycles. The Labute approximate surface area is 89.9 Å². The zero-order valence-electron chi connectivity index (χ0n) is 9.70. The Morgan fingerprint density at radius 3 is 2.40 bits per heavy atom. The third kappa shape index (κ3) is 3.90. The van der Waals surface area contributed by atoms with E-state index in [1.165, 1.54) is 7.11 Å². The van der Waals surface area contributed by atoms with Gasteiger partial charge in [0.15, 0.2) is 0 Å². The van der Waals surface area contributed by atoms with Crippen LogP contribution in [0.4, 0.5) is 0 Å². The Kier molecular flexibility index (Phi) is 3.37. The van der Waals surface area contributed by atoms with Gasteiger partial charge in [0, 0.05) is 6.42 Å². The highest BCUT2D eigenvalue weighted by molar-refractivity contribution is 5.78. The lowest BCUT2D eigenvalue weighted by Crippen LogP contribution is -2.24. The Morgan fingerprint density at radius 2 is 1.93 bits per heavy atom. The van der Waals surface area contributed by atoms with Crippen molar-refractivity contribution >= 4 is 11.9 Å². The molecule has 1 aliphatic rings. The predicted octanol–water partition coefficient (Wildman–Crippen LogP) is 1.53. The van der Waals surface area contributed by atoms with Gasteiger partial charge in [-0.15, -0.1) is 0 Å². The molecule has 0 bridgehead atoms. The number of carbonyl (C=O) groups excluding carboxylic acids is 2. The van der Waals surface area contributed by atoms with Gasteiger partial charge in [0.1, 0.15) is 5.60 Å². The van der Waals surface area contributed by atoms with Crippen LogP contribution in [0.25, 0.3) is 0 Å². The summed E-state index contributed by atoms with van der Waals surface area (Å²) in [6.45, 7) is 5.49. The summed E-state index contributed by atoms with van der Waals surface area (Å²) in [4.78, 5) is 22.5. The number of esters is 2. The van der Waals surface area contributed by atoms with Crippen molar-refractivity contribution in [3.8, 4) is 0 Å². The maximum absolute atomic E-state index is 11.4. The number of hydrogen-bond donors (Lipinski definition) is 0. The summed E-state index contributed by atoms with van der Waals surface area (Å²) in [6.07, 6.45) is 1.06. The van der Waals surface area contributed by atoms with Gasteiger partial charge in [0.25, 0.3) is 0 Å². The number of hydrogen-bond acceptors (Lipinski definition) is 4. The molecule has 4 heteroatoms. The lowest BCUT2D eigenvalue weighted by atomic mass is 10.2. The molecule has 0 aliphatic heterocycles. The minimum absolute atomic E-state index is 0.0949. The summed E-state index contributed by atoms with van der Waals surface area (Å²) in [5.41, 5.74) is -0.452. The van der Waals surface area contributed by atoms with Gasteiger partial charge >= 0.3 is 11.9 Å². The van der Waals surface area contributed by atoms with Crippen LogP contribution >= 0.6 is 0 Å². The van der Waals surface area contributed by atoms with Crippen LogP contribution in [0, 0.1) is 11.8 Å². The van der Waals surface area contributed by atoms with Crippen molar-refractivity contribution in [2.45, 2.75) is 39.2 Å². The van der Waals surface area contributed by atoms with Crippen molar-refractivity contribution in [1.82, 2.24) is 0 Å². The third-order valence-corrected chi connectivity index (χ3v) is 2.28. The normalized spacial score (nSPS) is 24.5. The minimum Gasteiger partial charge on any atom is -0.469 e. The minimum atomic E-state index is -0.452. The molecule has 0 saturated heterocycles. The van der Waals surface area contributed by atoms with Gasteiger partial charge in [-0.3, -0.25) is 9.59 Å². The first kappa shape index (κ1) is 12.0. The van der Waals surface area contributed by atoms with Gasteiger partial charge in [-0.2, -0.15) is 0 Å². The Morgan fingerprint density at radius 1 is 1.33 bits per heavy atom. The van der Waals surface area contributed by atoms with Crippen LogP contribution in [0.15, 0.2) is 0 Å². The van der Waals surface area contributed by atoms with Crippen molar-refractivity contribution in [1.29, 1.82) is 0 Å². The van der Waals surface area contributed by atoms with E-state index in [1.807, 2.05) is 20.8 Å². The molecule has 2 unspecified atom stereocenters. The van der Waals surface area contributed by atoms with Gasteiger partial charge < -0.3 is 9.47 Å². The molecular weight excluding hydrogens is 196 g/mol. The fourth-order valence-electron chi connectivity index (χ4n) is 1.51. The average molecular weight is 214 g/mol. The van der Waals surface area contributed by atoms with Crippen LogP contribution in [-0.2, 0) is 19.1 Å². The molecule has 0 aromatic rings. The van der Waals surface area contributed by atoms with E-state index < -0.39 is 5.60 Å².